The zero-order chi connectivity index (χ0) is 29.7. The minimum Gasteiger partial charge on any atom is -0.510 e. The van der Waals surface area contributed by atoms with Gasteiger partial charge in [0.15, 0.2) is 0 Å². The fraction of sp³-hybridized carbons (Fsp3) is 0.158. The predicted molar refractivity (Wildman–Crippen MR) is 171 cm³/mol. The molecule has 7 aromatic rings. The summed E-state index contributed by atoms with van der Waals surface area (Å²) in [5.41, 5.74) is 7.60. The number of para-hydroxylation sites is 1. The van der Waals surface area contributed by atoms with E-state index in [-0.39, 0.29) is 26.5 Å². The molecular formula is C38H32N4OPt-2. The molecule has 44 heavy (non-hydrogen) atoms. The van der Waals surface area contributed by atoms with Crippen molar-refractivity contribution in [3.8, 4) is 28.7 Å². The van der Waals surface area contributed by atoms with E-state index in [1.807, 2.05) is 52.0 Å². The number of benzene rings is 4. The van der Waals surface area contributed by atoms with Crippen molar-refractivity contribution >= 4 is 21.8 Å². The van der Waals surface area contributed by atoms with Crippen LogP contribution in [0.2, 0.25) is 0 Å². The molecule has 0 fully saturated rings. The summed E-state index contributed by atoms with van der Waals surface area (Å²) in [4.78, 5) is 4.78. The van der Waals surface area contributed by atoms with Crippen LogP contribution in [0.5, 0.6) is 11.5 Å². The van der Waals surface area contributed by atoms with Crippen LogP contribution in [0.25, 0.3) is 39.0 Å². The van der Waals surface area contributed by atoms with Gasteiger partial charge in [0.2, 0.25) is 0 Å². The van der Waals surface area contributed by atoms with Crippen molar-refractivity contribution in [1.82, 2.24) is 14.1 Å². The maximum atomic E-state index is 6.36. The summed E-state index contributed by atoms with van der Waals surface area (Å²) in [6.07, 6.45) is 9.27. The predicted octanol–water partition coefficient (Wildman–Crippen LogP) is 8.35. The maximum Gasteiger partial charge on any atom is 0.267 e. The van der Waals surface area contributed by atoms with Crippen LogP contribution >= 0.6 is 0 Å². The van der Waals surface area contributed by atoms with Crippen molar-refractivity contribution in [2.75, 3.05) is 0 Å². The molecular weight excluding hydrogens is 724 g/mol. The van der Waals surface area contributed by atoms with Gasteiger partial charge < -0.3 is 13.9 Å². The Kier molecular flexibility index (Phi) is 7.77. The summed E-state index contributed by atoms with van der Waals surface area (Å²) >= 11 is 0. The Morgan fingerprint density at radius 3 is 2.45 bits per heavy atom. The molecule has 0 radical (unpaired) electrons. The molecule has 0 aliphatic heterocycles. The molecule has 0 spiro atoms. The van der Waals surface area contributed by atoms with Gasteiger partial charge in [-0.15, -0.1) is 29.7 Å². The number of hydrogen-bond acceptors (Lipinski definition) is 2. The normalized spacial score (nSPS) is 11.6. The molecule has 6 heteroatoms. The van der Waals surface area contributed by atoms with Crippen LogP contribution in [0.3, 0.4) is 0 Å². The molecule has 4 aromatic carbocycles. The van der Waals surface area contributed by atoms with Crippen LogP contribution in [0.4, 0.5) is 0 Å². The molecule has 0 aliphatic rings. The van der Waals surface area contributed by atoms with Gasteiger partial charge in [0.25, 0.3) is 6.33 Å². The fourth-order valence-corrected chi connectivity index (χ4v) is 5.59. The average Bonchev–Trinajstić information content (AvgIpc) is 3.60. The molecule has 0 unspecified atom stereocenters. The SMILES string of the molecule is Cc1ccc(-[n+]2[c-]n(-c3[c-]c(Oc4[c-]c5c(cc4)c4ccccc4n5-c4cc(C(C)(C)C)ccn4)ccc3)cc2)c(C)c1.[Pt]. The van der Waals surface area contributed by atoms with E-state index < -0.39 is 0 Å². The Hall–Kier alpha value is -4.47. The zero-order valence-electron chi connectivity index (χ0n) is 25.3. The third-order valence-electron chi connectivity index (χ3n) is 7.82. The summed E-state index contributed by atoms with van der Waals surface area (Å²) in [5, 5.41) is 2.25. The zero-order valence-corrected chi connectivity index (χ0v) is 27.6. The molecule has 0 saturated carbocycles. The van der Waals surface area contributed by atoms with E-state index in [9.17, 15) is 0 Å². The monoisotopic (exact) mass is 755 g/mol. The first-order chi connectivity index (χ1) is 20.7. The number of hydrogen-bond donors (Lipinski definition) is 0. The molecule has 0 amide bonds. The topological polar surface area (TPSA) is 35.9 Å². The number of rotatable bonds is 5. The van der Waals surface area contributed by atoms with E-state index in [2.05, 4.69) is 118 Å². The van der Waals surface area contributed by atoms with E-state index in [1.165, 1.54) is 16.7 Å². The van der Waals surface area contributed by atoms with Gasteiger partial charge >= 0.3 is 0 Å². The van der Waals surface area contributed by atoms with Gasteiger partial charge in [-0.3, -0.25) is 4.57 Å². The van der Waals surface area contributed by atoms with Crippen molar-refractivity contribution < 1.29 is 30.4 Å². The van der Waals surface area contributed by atoms with Crippen molar-refractivity contribution in [3.05, 3.63) is 139 Å². The van der Waals surface area contributed by atoms with Crippen molar-refractivity contribution in [2.45, 2.75) is 40.0 Å². The number of aromatic nitrogens is 4. The van der Waals surface area contributed by atoms with Crippen molar-refractivity contribution in [1.29, 1.82) is 0 Å². The van der Waals surface area contributed by atoms with Gasteiger partial charge in [0.05, 0.1) is 5.69 Å². The van der Waals surface area contributed by atoms with Gasteiger partial charge in [-0.25, -0.2) is 4.98 Å². The molecule has 5 nitrogen and oxygen atoms in total. The Balaban J connectivity index is 0.00000343. The molecule has 0 bridgehead atoms. The van der Waals surface area contributed by atoms with E-state index in [1.54, 1.807) is 0 Å². The Morgan fingerprint density at radius 1 is 0.818 bits per heavy atom. The number of aryl methyl sites for hydroxylation is 2. The minimum absolute atomic E-state index is 0. The second-order valence-corrected chi connectivity index (χ2v) is 12.0. The molecule has 0 aliphatic carbocycles. The van der Waals surface area contributed by atoms with Crippen molar-refractivity contribution in [2.24, 2.45) is 0 Å². The third kappa shape index (κ3) is 5.49. The minimum atomic E-state index is 0. The average molecular weight is 756 g/mol. The van der Waals surface area contributed by atoms with Gasteiger partial charge in [-0.05, 0) is 65.7 Å². The molecule has 0 atom stereocenters. The van der Waals surface area contributed by atoms with Crippen LogP contribution < -0.4 is 9.30 Å². The van der Waals surface area contributed by atoms with Crippen LogP contribution in [0.1, 0.15) is 37.5 Å². The van der Waals surface area contributed by atoms with Crippen LogP contribution in [-0.4, -0.2) is 14.1 Å². The Bertz CT molecular complexity index is 2130. The molecule has 222 valence electrons. The van der Waals surface area contributed by atoms with E-state index in [4.69, 9.17) is 9.72 Å². The molecule has 3 heterocycles. The molecule has 0 saturated heterocycles. The second kappa shape index (κ2) is 11.6. The fourth-order valence-electron chi connectivity index (χ4n) is 5.59. The van der Waals surface area contributed by atoms with Crippen LogP contribution in [0, 0.1) is 32.3 Å². The Morgan fingerprint density at radius 2 is 1.64 bits per heavy atom. The summed E-state index contributed by atoms with van der Waals surface area (Å²) in [7, 11) is 0. The first-order valence-electron chi connectivity index (χ1n) is 14.5. The summed E-state index contributed by atoms with van der Waals surface area (Å²) in [6.45, 7) is 10.9. The number of fused-ring (bicyclic) bond motifs is 3. The van der Waals surface area contributed by atoms with E-state index >= 15 is 0 Å². The van der Waals surface area contributed by atoms with Crippen molar-refractivity contribution in [3.63, 3.8) is 0 Å². The first kappa shape index (κ1) is 29.6. The first-order valence-corrected chi connectivity index (χ1v) is 14.5. The van der Waals surface area contributed by atoms with Gasteiger partial charge in [0.1, 0.15) is 5.82 Å². The molecule has 3 aromatic heterocycles. The molecule has 7 rings (SSSR count). The van der Waals surface area contributed by atoms with Gasteiger partial charge in [-0.1, -0.05) is 62.2 Å². The summed E-state index contributed by atoms with van der Waals surface area (Å²) in [5.74, 6) is 2.07. The number of nitrogens with zero attached hydrogens (tertiary/aromatic N) is 4. The molecule has 0 N–H and O–H groups in total. The van der Waals surface area contributed by atoms with Gasteiger partial charge in [0, 0.05) is 56.7 Å². The number of pyridine rings is 1. The standard InChI is InChI=1S/C38H32N4O.Pt/c1-26-13-16-34(27(2)21-26)41-20-19-40(25-41)29-9-8-10-30(23-29)43-31-14-15-33-32-11-6-7-12-35(32)42(36(33)24-31)37-22-28(17-18-39-37)38(3,4)5;/h6-22H,1-5H3;/q-2;. The Labute approximate surface area is 272 Å². The summed E-state index contributed by atoms with van der Waals surface area (Å²) < 4.78 is 12.5. The number of ether oxygens (including phenoxy) is 1. The quantitative estimate of drug-likeness (QED) is 0.131. The smallest absolute Gasteiger partial charge is 0.267 e. The number of imidazole rings is 1. The van der Waals surface area contributed by atoms with Crippen LogP contribution in [-0.2, 0) is 26.5 Å². The maximum absolute atomic E-state index is 6.36. The van der Waals surface area contributed by atoms with E-state index in [0.29, 0.717) is 11.5 Å². The van der Waals surface area contributed by atoms with E-state index in [0.717, 1.165) is 39.0 Å². The van der Waals surface area contributed by atoms with Crippen LogP contribution in [0.15, 0.2) is 104 Å². The summed E-state index contributed by atoms with van der Waals surface area (Å²) in [6, 6.07) is 36.0. The second-order valence-electron chi connectivity index (χ2n) is 12.0. The van der Waals surface area contributed by atoms with Gasteiger partial charge in [-0.2, -0.15) is 18.2 Å². The third-order valence-corrected chi connectivity index (χ3v) is 7.82. The largest absolute Gasteiger partial charge is 0.510 e.